The fourth-order valence-corrected chi connectivity index (χ4v) is 1.19. The summed E-state index contributed by atoms with van der Waals surface area (Å²) in [6, 6.07) is 0. The molecule has 88 valence electrons. The Morgan fingerprint density at radius 3 is 2.69 bits per heavy atom. The number of nitrogens with zero attached hydrogens (tertiary/aromatic N) is 2. The summed E-state index contributed by atoms with van der Waals surface area (Å²) in [4.78, 5) is 17.9. The van der Waals surface area contributed by atoms with Crippen LogP contribution in [0.15, 0.2) is 6.20 Å². The molecule has 6 N–H and O–H groups in total. The second kappa shape index (κ2) is 5.06. The highest BCUT2D eigenvalue weighted by atomic mass is 35.5. The SMILES string of the molecule is NC(=O)CC(O)C(O)c1cnc(N)c(Cl)n1. The zero-order chi connectivity index (χ0) is 12.3. The highest BCUT2D eigenvalue weighted by Crippen LogP contribution is 2.20. The van der Waals surface area contributed by atoms with Crippen molar-refractivity contribution in [2.24, 2.45) is 5.73 Å². The van der Waals surface area contributed by atoms with E-state index in [0.29, 0.717) is 0 Å². The van der Waals surface area contributed by atoms with E-state index in [9.17, 15) is 15.0 Å². The Kier molecular flexibility index (Phi) is 3.99. The minimum Gasteiger partial charge on any atom is -0.389 e. The van der Waals surface area contributed by atoms with Crippen LogP contribution in [0.1, 0.15) is 18.2 Å². The van der Waals surface area contributed by atoms with Gasteiger partial charge in [-0.25, -0.2) is 9.97 Å². The summed E-state index contributed by atoms with van der Waals surface area (Å²) in [5.41, 5.74) is 10.2. The van der Waals surface area contributed by atoms with Crippen molar-refractivity contribution in [2.45, 2.75) is 18.6 Å². The molecule has 1 amide bonds. The van der Waals surface area contributed by atoms with E-state index in [-0.39, 0.29) is 23.1 Å². The Hall–Kier alpha value is -1.44. The number of hydrogen-bond donors (Lipinski definition) is 4. The van der Waals surface area contributed by atoms with Gasteiger partial charge >= 0.3 is 0 Å². The summed E-state index contributed by atoms with van der Waals surface area (Å²) >= 11 is 5.59. The number of carbonyl (C=O) groups is 1. The van der Waals surface area contributed by atoms with Gasteiger partial charge in [-0.05, 0) is 0 Å². The van der Waals surface area contributed by atoms with Crippen molar-refractivity contribution in [2.75, 3.05) is 5.73 Å². The van der Waals surface area contributed by atoms with E-state index in [1.54, 1.807) is 0 Å². The van der Waals surface area contributed by atoms with Crippen molar-refractivity contribution < 1.29 is 15.0 Å². The van der Waals surface area contributed by atoms with Gasteiger partial charge in [0.15, 0.2) is 11.0 Å². The van der Waals surface area contributed by atoms with Crippen LogP contribution in [0.3, 0.4) is 0 Å². The van der Waals surface area contributed by atoms with Gasteiger partial charge in [0.1, 0.15) is 6.10 Å². The van der Waals surface area contributed by atoms with Gasteiger partial charge in [-0.3, -0.25) is 4.79 Å². The number of aliphatic hydroxyl groups is 2. The van der Waals surface area contributed by atoms with Crippen LogP contribution in [-0.2, 0) is 4.79 Å². The van der Waals surface area contributed by atoms with Gasteiger partial charge < -0.3 is 21.7 Å². The first-order chi connectivity index (χ1) is 7.41. The average Bonchev–Trinajstić information content (AvgIpc) is 2.20. The molecule has 8 heteroatoms. The van der Waals surface area contributed by atoms with Crippen LogP contribution in [-0.4, -0.2) is 32.2 Å². The third kappa shape index (κ3) is 3.02. The first-order valence-corrected chi connectivity index (χ1v) is 4.72. The number of primary amides is 1. The predicted octanol–water partition coefficient (Wildman–Crippen LogP) is -1.02. The summed E-state index contributed by atoms with van der Waals surface area (Å²) in [6.45, 7) is 0. The Morgan fingerprint density at radius 1 is 1.56 bits per heavy atom. The minimum atomic E-state index is -1.39. The minimum absolute atomic E-state index is 0.0157. The number of nitrogen functional groups attached to an aromatic ring is 1. The smallest absolute Gasteiger partial charge is 0.220 e. The lowest BCUT2D eigenvalue weighted by atomic mass is 10.1. The number of rotatable bonds is 4. The number of amides is 1. The maximum atomic E-state index is 10.5. The monoisotopic (exact) mass is 246 g/mol. The van der Waals surface area contributed by atoms with E-state index < -0.39 is 18.1 Å². The Labute approximate surface area is 96.1 Å². The fourth-order valence-electron chi connectivity index (χ4n) is 1.05. The average molecular weight is 247 g/mol. The van der Waals surface area contributed by atoms with Crippen LogP contribution in [0.25, 0.3) is 0 Å². The second-order valence-electron chi connectivity index (χ2n) is 3.15. The third-order valence-corrected chi connectivity index (χ3v) is 2.13. The fraction of sp³-hybridized carbons (Fsp3) is 0.375. The molecule has 0 bridgehead atoms. The number of aromatic nitrogens is 2. The zero-order valence-corrected chi connectivity index (χ0v) is 8.92. The van der Waals surface area contributed by atoms with Gasteiger partial charge in [0.2, 0.25) is 5.91 Å². The topological polar surface area (TPSA) is 135 Å². The molecule has 1 aromatic heterocycles. The van der Waals surface area contributed by atoms with Crippen LogP contribution in [0, 0.1) is 0 Å². The molecule has 7 nitrogen and oxygen atoms in total. The van der Waals surface area contributed by atoms with Crippen LogP contribution >= 0.6 is 11.6 Å². The molecule has 0 spiro atoms. The molecular formula is C8H11ClN4O3. The lowest BCUT2D eigenvalue weighted by Gasteiger charge is -2.15. The molecule has 1 aromatic rings. The molecule has 0 saturated heterocycles. The van der Waals surface area contributed by atoms with Crippen molar-refractivity contribution >= 4 is 23.3 Å². The molecular weight excluding hydrogens is 236 g/mol. The largest absolute Gasteiger partial charge is 0.389 e. The molecule has 1 rings (SSSR count). The summed E-state index contributed by atoms with van der Waals surface area (Å²) in [5, 5.41) is 18.9. The van der Waals surface area contributed by atoms with Gasteiger partial charge in [-0.15, -0.1) is 0 Å². The highest BCUT2D eigenvalue weighted by Gasteiger charge is 2.22. The summed E-state index contributed by atoms with van der Waals surface area (Å²) in [5.74, 6) is -0.719. The van der Waals surface area contributed by atoms with Crippen LogP contribution < -0.4 is 11.5 Å². The molecule has 0 aliphatic heterocycles. The van der Waals surface area contributed by atoms with Crippen LogP contribution in [0.5, 0.6) is 0 Å². The van der Waals surface area contributed by atoms with E-state index in [1.807, 2.05) is 0 Å². The Bertz CT molecular complexity index is 401. The van der Waals surface area contributed by atoms with E-state index >= 15 is 0 Å². The molecule has 0 aromatic carbocycles. The second-order valence-corrected chi connectivity index (χ2v) is 3.51. The lowest BCUT2D eigenvalue weighted by molar-refractivity contribution is -0.121. The first-order valence-electron chi connectivity index (χ1n) is 4.34. The Balaban J connectivity index is 2.83. The lowest BCUT2D eigenvalue weighted by Crippen LogP contribution is -2.26. The van der Waals surface area contributed by atoms with Gasteiger partial charge in [0.05, 0.1) is 24.4 Å². The van der Waals surface area contributed by atoms with E-state index in [0.717, 1.165) is 6.20 Å². The molecule has 2 atom stereocenters. The summed E-state index contributed by atoms with van der Waals surface area (Å²) < 4.78 is 0. The zero-order valence-electron chi connectivity index (χ0n) is 8.17. The van der Waals surface area contributed by atoms with Crippen molar-refractivity contribution in [3.8, 4) is 0 Å². The maximum Gasteiger partial charge on any atom is 0.220 e. The highest BCUT2D eigenvalue weighted by molar-refractivity contribution is 6.31. The number of nitrogens with two attached hydrogens (primary N) is 2. The molecule has 2 unspecified atom stereocenters. The van der Waals surface area contributed by atoms with E-state index in [4.69, 9.17) is 23.1 Å². The normalized spacial score (nSPS) is 14.4. The Morgan fingerprint density at radius 2 is 2.19 bits per heavy atom. The predicted molar refractivity (Wildman–Crippen MR) is 56.2 cm³/mol. The first kappa shape index (κ1) is 12.6. The van der Waals surface area contributed by atoms with Crippen LogP contribution in [0.2, 0.25) is 5.15 Å². The summed E-state index contributed by atoms with van der Waals surface area (Å²) in [7, 11) is 0. The van der Waals surface area contributed by atoms with E-state index in [2.05, 4.69) is 9.97 Å². The van der Waals surface area contributed by atoms with Gasteiger partial charge in [0, 0.05) is 0 Å². The third-order valence-electron chi connectivity index (χ3n) is 1.85. The van der Waals surface area contributed by atoms with Crippen molar-refractivity contribution in [3.63, 3.8) is 0 Å². The summed E-state index contributed by atoms with van der Waals surface area (Å²) in [6.07, 6.45) is -1.97. The van der Waals surface area contributed by atoms with Crippen LogP contribution in [0.4, 0.5) is 5.82 Å². The molecule has 0 aliphatic rings. The molecule has 0 radical (unpaired) electrons. The molecule has 0 saturated carbocycles. The van der Waals surface area contributed by atoms with Crippen molar-refractivity contribution in [3.05, 3.63) is 17.0 Å². The van der Waals surface area contributed by atoms with Crippen molar-refractivity contribution in [1.82, 2.24) is 9.97 Å². The van der Waals surface area contributed by atoms with Gasteiger partial charge in [-0.2, -0.15) is 0 Å². The maximum absolute atomic E-state index is 10.5. The number of hydrogen-bond acceptors (Lipinski definition) is 6. The number of aliphatic hydroxyl groups excluding tert-OH is 2. The standard InChI is InChI=1S/C8H11ClN4O3/c9-7-8(11)12-2-3(13-7)6(16)4(14)1-5(10)15/h2,4,6,14,16H,1H2,(H2,10,15)(H2,11,12). The molecule has 0 aliphatic carbocycles. The quantitative estimate of drug-likeness (QED) is 0.537. The molecule has 16 heavy (non-hydrogen) atoms. The van der Waals surface area contributed by atoms with Crippen molar-refractivity contribution in [1.29, 1.82) is 0 Å². The van der Waals surface area contributed by atoms with Gasteiger partial charge in [0.25, 0.3) is 0 Å². The number of carbonyl (C=O) groups excluding carboxylic acids is 1. The molecule has 1 heterocycles. The number of halogens is 1. The van der Waals surface area contributed by atoms with E-state index in [1.165, 1.54) is 0 Å². The van der Waals surface area contributed by atoms with Gasteiger partial charge in [-0.1, -0.05) is 11.6 Å². The molecule has 0 fully saturated rings. The number of anilines is 1.